The van der Waals surface area contributed by atoms with E-state index in [0.717, 1.165) is 24.4 Å². The molecule has 1 heterocycles. The Hall–Kier alpha value is -2.53. The molecule has 3 N–H and O–H groups in total. The lowest BCUT2D eigenvalue weighted by Gasteiger charge is -2.14. The van der Waals surface area contributed by atoms with Crippen molar-refractivity contribution in [3.63, 3.8) is 0 Å². The molecule has 13 heteroatoms. The summed E-state index contributed by atoms with van der Waals surface area (Å²) in [6.07, 6.45) is -3.79. The van der Waals surface area contributed by atoms with Gasteiger partial charge in [-0.1, -0.05) is 34.8 Å². The van der Waals surface area contributed by atoms with Crippen LogP contribution in [0.3, 0.4) is 0 Å². The molecule has 2 aromatic carbocycles. The van der Waals surface area contributed by atoms with E-state index in [2.05, 4.69) is 4.98 Å². The summed E-state index contributed by atoms with van der Waals surface area (Å²) in [6.45, 7) is 0. The van der Waals surface area contributed by atoms with Crippen LogP contribution in [0.25, 0.3) is 0 Å². The Kier molecular flexibility index (Phi) is 6.62. The number of pyridine rings is 1. The number of hydrogen-bond donors (Lipinski definition) is 2. The van der Waals surface area contributed by atoms with Gasteiger partial charge < -0.3 is 5.73 Å². The molecule has 3 rings (SSSR count). The molecule has 3 aromatic rings. The average molecular weight is 525 g/mol. The van der Waals surface area contributed by atoms with Crippen LogP contribution in [-0.4, -0.2) is 19.2 Å². The van der Waals surface area contributed by atoms with Gasteiger partial charge in [-0.05, 0) is 42.5 Å². The summed E-state index contributed by atoms with van der Waals surface area (Å²) in [5.74, 6) is -0.786. The number of aromatic nitrogens is 1. The van der Waals surface area contributed by atoms with Crippen LogP contribution in [0.2, 0.25) is 15.1 Å². The van der Waals surface area contributed by atoms with Crippen LogP contribution < -0.4 is 10.5 Å². The minimum absolute atomic E-state index is 0.0367. The van der Waals surface area contributed by atoms with Crippen LogP contribution >= 0.6 is 34.8 Å². The van der Waals surface area contributed by atoms with Crippen LogP contribution in [0.5, 0.6) is 0 Å². The van der Waals surface area contributed by atoms with Crippen LogP contribution in [0.4, 0.5) is 24.5 Å². The van der Waals surface area contributed by atoms with Crippen molar-refractivity contribution in [3.8, 4) is 0 Å². The molecular formula is C19H11Cl3F3N3O3S. The van der Waals surface area contributed by atoms with Gasteiger partial charge in [-0.2, -0.15) is 13.2 Å². The number of rotatable bonds is 5. The molecule has 0 radical (unpaired) electrons. The third-order valence-electron chi connectivity index (χ3n) is 4.13. The van der Waals surface area contributed by atoms with E-state index in [1.54, 1.807) is 0 Å². The van der Waals surface area contributed by atoms with Gasteiger partial charge in [0.1, 0.15) is 5.69 Å². The van der Waals surface area contributed by atoms with E-state index in [1.807, 2.05) is 4.72 Å². The minimum Gasteiger partial charge on any atom is -0.398 e. The molecule has 0 spiro atoms. The lowest BCUT2D eigenvalue weighted by Crippen LogP contribution is -2.18. The maximum Gasteiger partial charge on any atom is 0.417 e. The minimum atomic E-state index is -4.88. The number of nitrogens with two attached hydrogens (primary N) is 1. The molecule has 0 aliphatic carbocycles. The van der Waals surface area contributed by atoms with Crippen molar-refractivity contribution < 1.29 is 26.4 Å². The number of nitrogen functional groups attached to an aromatic ring is 1. The summed E-state index contributed by atoms with van der Waals surface area (Å²) < 4.78 is 67.0. The van der Waals surface area contributed by atoms with E-state index in [1.165, 1.54) is 18.2 Å². The summed E-state index contributed by atoms with van der Waals surface area (Å²) in [4.78, 5) is 16.1. The van der Waals surface area contributed by atoms with Gasteiger partial charge in [-0.25, -0.2) is 13.4 Å². The standard InChI is InChI=1S/C19H11Cl3F3N3O3S/c20-9-1-4-15(26)12(5-9)18(29)17-16(6-10(21)8-27-17)28-32(30,31)11-2-3-14(22)13(7-11)19(23,24)25/h1-8,28H,26H2. The first-order valence-corrected chi connectivity index (χ1v) is 11.1. The predicted molar refractivity (Wildman–Crippen MR) is 116 cm³/mol. The first-order chi connectivity index (χ1) is 14.8. The smallest absolute Gasteiger partial charge is 0.398 e. The van der Waals surface area contributed by atoms with Crippen LogP contribution in [-0.2, 0) is 16.2 Å². The van der Waals surface area contributed by atoms with E-state index in [9.17, 15) is 26.4 Å². The van der Waals surface area contributed by atoms with Crippen LogP contribution in [0.15, 0.2) is 53.6 Å². The van der Waals surface area contributed by atoms with Crippen molar-refractivity contribution in [1.29, 1.82) is 0 Å². The first-order valence-electron chi connectivity index (χ1n) is 8.44. The molecule has 0 saturated carbocycles. The van der Waals surface area contributed by atoms with Gasteiger partial charge in [-0.15, -0.1) is 0 Å². The molecule has 6 nitrogen and oxygen atoms in total. The van der Waals surface area contributed by atoms with E-state index in [4.69, 9.17) is 40.5 Å². The van der Waals surface area contributed by atoms with Crippen molar-refractivity contribution in [1.82, 2.24) is 4.98 Å². The quantitative estimate of drug-likeness (QED) is 0.330. The van der Waals surface area contributed by atoms with Gasteiger partial charge in [0.15, 0.2) is 0 Å². The van der Waals surface area contributed by atoms with Crippen molar-refractivity contribution in [2.24, 2.45) is 0 Å². The molecule has 0 saturated heterocycles. The van der Waals surface area contributed by atoms with Crippen molar-refractivity contribution in [2.75, 3.05) is 10.5 Å². The number of anilines is 2. The van der Waals surface area contributed by atoms with Gasteiger partial charge in [0.25, 0.3) is 10.0 Å². The number of hydrogen-bond acceptors (Lipinski definition) is 5. The third-order valence-corrected chi connectivity index (χ3v) is 6.26. The molecule has 168 valence electrons. The number of ketones is 1. The summed E-state index contributed by atoms with van der Waals surface area (Å²) in [6, 6.07) is 7.23. The molecule has 0 bridgehead atoms. The zero-order chi connectivity index (χ0) is 23.8. The maximum atomic E-state index is 13.1. The third kappa shape index (κ3) is 5.09. The maximum absolute atomic E-state index is 13.1. The van der Waals surface area contributed by atoms with Crippen molar-refractivity contribution in [3.05, 3.63) is 80.6 Å². The van der Waals surface area contributed by atoms with E-state index in [-0.39, 0.29) is 27.0 Å². The highest BCUT2D eigenvalue weighted by Gasteiger charge is 2.35. The highest BCUT2D eigenvalue weighted by Crippen LogP contribution is 2.36. The topological polar surface area (TPSA) is 102 Å². The molecular weight excluding hydrogens is 514 g/mol. The Morgan fingerprint density at radius 3 is 2.34 bits per heavy atom. The summed E-state index contributed by atoms with van der Waals surface area (Å²) >= 11 is 17.3. The van der Waals surface area contributed by atoms with E-state index >= 15 is 0 Å². The Morgan fingerprint density at radius 1 is 1.00 bits per heavy atom. The molecule has 0 aliphatic heterocycles. The fraction of sp³-hybridized carbons (Fsp3) is 0.0526. The fourth-order valence-electron chi connectivity index (χ4n) is 2.64. The molecule has 32 heavy (non-hydrogen) atoms. The number of halogens is 6. The Bertz CT molecular complexity index is 1330. The van der Waals surface area contributed by atoms with Gasteiger partial charge >= 0.3 is 6.18 Å². The number of sulfonamides is 1. The summed E-state index contributed by atoms with van der Waals surface area (Å²) in [7, 11) is -4.60. The predicted octanol–water partition coefficient (Wildman–Crippen LogP) is 5.67. The number of alkyl halides is 3. The number of carbonyl (C=O) groups excluding carboxylic acids is 1. The summed E-state index contributed by atoms with van der Waals surface area (Å²) in [5.41, 5.74) is 3.70. The number of benzene rings is 2. The molecule has 0 fully saturated rings. The van der Waals surface area contributed by atoms with E-state index in [0.29, 0.717) is 6.07 Å². The van der Waals surface area contributed by atoms with Gasteiger partial charge in [0.2, 0.25) is 5.78 Å². The normalized spacial score (nSPS) is 11.9. The largest absolute Gasteiger partial charge is 0.417 e. The van der Waals surface area contributed by atoms with Gasteiger partial charge in [0.05, 0.1) is 26.2 Å². The Labute approximate surface area is 195 Å². The zero-order valence-corrected chi connectivity index (χ0v) is 18.6. The number of nitrogens with one attached hydrogen (secondary N) is 1. The van der Waals surface area contributed by atoms with Crippen LogP contribution in [0, 0.1) is 0 Å². The lowest BCUT2D eigenvalue weighted by molar-refractivity contribution is -0.137. The Morgan fingerprint density at radius 2 is 1.69 bits per heavy atom. The van der Waals surface area contributed by atoms with Gasteiger partial charge in [0, 0.05) is 22.5 Å². The second-order valence-corrected chi connectivity index (χ2v) is 9.32. The second-order valence-electron chi connectivity index (χ2n) is 6.36. The monoisotopic (exact) mass is 523 g/mol. The lowest BCUT2D eigenvalue weighted by atomic mass is 10.0. The SMILES string of the molecule is Nc1ccc(Cl)cc1C(=O)c1ncc(Cl)cc1NS(=O)(=O)c1ccc(Cl)c(C(F)(F)F)c1. The highest BCUT2D eigenvalue weighted by molar-refractivity contribution is 7.92. The molecule has 0 amide bonds. The molecule has 0 atom stereocenters. The number of carbonyl (C=O) groups is 1. The van der Waals surface area contributed by atoms with Crippen LogP contribution in [0.1, 0.15) is 21.6 Å². The summed E-state index contributed by atoms with van der Waals surface area (Å²) in [5, 5.41) is -0.516. The van der Waals surface area contributed by atoms with Crippen molar-refractivity contribution in [2.45, 2.75) is 11.1 Å². The highest BCUT2D eigenvalue weighted by atomic mass is 35.5. The number of nitrogens with zero attached hydrogens (tertiary/aromatic N) is 1. The van der Waals surface area contributed by atoms with E-state index < -0.39 is 43.2 Å². The second kappa shape index (κ2) is 8.78. The molecule has 0 aliphatic rings. The van der Waals surface area contributed by atoms with Crippen molar-refractivity contribution >= 4 is 62.0 Å². The van der Waals surface area contributed by atoms with Gasteiger partial charge in [-0.3, -0.25) is 9.52 Å². The zero-order valence-electron chi connectivity index (χ0n) is 15.5. The Balaban J connectivity index is 2.07. The molecule has 0 unspecified atom stereocenters. The average Bonchev–Trinajstić information content (AvgIpc) is 2.68. The molecule has 1 aromatic heterocycles. The fourth-order valence-corrected chi connectivity index (χ4v) is 4.28. The first kappa shape index (κ1) is 24.1.